The highest BCUT2D eigenvalue weighted by Crippen LogP contribution is 2.23. The minimum absolute atomic E-state index is 0.0240. The molecule has 2 amide bonds. The Bertz CT molecular complexity index is 722. The van der Waals surface area contributed by atoms with Gasteiger partial charge in [0.25, 0.3) is 11.8 Å². The van der Waals surface area contributed by atoms with Crippen molar-refractivity contribution in [2.75, 3.05) is 38.0 Å². The number of hydrogen-bond donors (Lipinski definition) is 4. The highest BCUT2D eigenvalue weighted by Gasteiger charge is 2.33. The van der Waals surface area contributed by atoms with Crippen LogP contribution in [-0.4, -0.2) is 56.6 Å². The molecular weight excluding hydrogens is 376 g/mol. The molecule has 1 heterocycles. The van der Waals surface area contributed by atoms with Crippen LogP contribution in [-0.2, 0) is 9.59 Å². The van der Waals surface area contributed by atoms with Crippen LogP contribution in [0.5, 0.6) is 0 Å². The highest BCUT2D eigenvalue weighted by molar-refractivity contribution is 5.93. The van der Waals surface area contributed by atoms with Gasteiger partial charge in [-0.2, -0.15) is 0 Å². The molecule has 1 aromatic carbocycles. The fraction of sp³-hybridized carbons (Fsp3) is 0.667. The quantitative estimate of drug-likeness (QED) is 0.532. The molecule has 6 heteroatoms. The maximum absolute atomic E-state index is 12.8. The van der Waals surface area contributed by atoms with Gasteiger partial charge in [0, 0.05) is 11.7 Å². The lowest BCUT2D eigenvalue weighted by molar-refractivity contribution is -1.01. The number of aryl methyl sites for hydroxylation is 2. The molecule has 2 aliphatic rings. The van der Waals surface area contributed by atoms with E-state index in [2.05, 4.69) is 24.5 Å². The molecule has 4 N–H and O–H groups in total. The van der Waals surface area contributed by atoms with Crippen LogP contribution >= 0.6 is 0 Å². The number of rotatable bonds is 6. The number of benzene rings is 1. The van der Waals surface area contributed by atoms with Gasteiger partial charge in [-0.1, -0.05) is 38.0 Å². The van der Waals surface area contributed by atoms with Crippen molar-refractivity contribution < 1.29 is 19.4 Å². The van der Waals surface area contributed by atoms with Gasteiger partial charge in [0.1, 0.15) is 26.2 Å². The van der Waals surface area contributed by atoms with Crippen molar-refractivity contribution in [3.63, 3.8) is 0 Å². The Morgan fingerprint density at radius 1 is 1.07 bits per heavy atom. The van der Waals surface area contributed by atoms with Gasteiger partial charge >= 0.3 is 0 Å². The van der Waals surface area contributed by atoms with Gasteiger partial charge in [-0.15, -0.1) is 0 Å². The standard InChI is InChI=1S/C24H38N4O2/c1-17-8-5-6-11-21(17)25-24(30)20(4)28-14-12-27(13-15-28)16-22(29)26-23-18(2)9-7-10-19(23)3/h7,9-10,17,20-21H,5-6,8,11-16H2,1-4H3,(H,25,30)(H,26,29)/p+2/t17-,20-,21-/m0/s1. The Labute approximate surface area is 181 Å². The summed E-state index contributed by atoms with van der Waals surface area (Å²) in [5, 5.41) is 6.41. The van der Waals surface area contributed by atoms with Crippen LogP contribution in [0, 0.1) is 19.8 Å². The smallest absolute Gasteiger partial charge is 0.279 e. The maximum Gasteiger partial charge on any atom is 0.279 e. The first kappa shape index (κ1) is 22.8. The van der Waals surface area contributed by atoms with Crippen LogP contribution in [0.15, 0.2) is 18.2 Å². The van der Waals surface area contributed by atoms with Gasteiger partial charge in [-0.3, -0.25) is 9.59 Å². The zero-order valence-electron chi connectivity index (χ0n) is 19.1. The Hall–Kier alpha value is -1.92. The zero-order chi connectivity index (χ0) is 21.7. The van der Waals surface area contributed by atoms with E-state index in [4.69, 9.17) is 0 Å². The largest absolute Gasteiger partial charge is 0.348 e. The van der Waals surface area contributed by atoms with Crippen LogP contribution in [0.3, 0.4) is 0 Å². The summed E-state index contributed by atoms with van der Waals surface area (Å²) in [4.78, 5) is 28.0. The Kier molecular flexibility index (Phi) is 7.89. The lowest BCUT2D eigenvalue weighted by Gasteiger charge is -2.34. The fourth-order valence-electron chi connectivity index (χ4n) is 4.98. The molecule has 0 aromatic heterocycles. The van der Waals surface area contributed by atoms with E-state index >= 15 is 0 Å². The predicted molar refractivity (Wildman–Crippen MR) is 120 cm³/mol. The van der Waals surface area contributed by atoms with E-state index in [0.717, 1.165) is 49.4 Å². The van der Waals surface area contributed by atoms with Gasteiger partial charge < -0.3 is 20.4 Å². The first-order valence-corrected chi connectivity index (χ1v) is 11.7. The van der Waals surface area contributed by atoms with Crippen molar-refractivity contribution in [1.82, 2.24) is 5.32 Å². The highest BCUT2D eigenvalue weighted by atomic mass is 16.2. The molecule has 1 aromatic rings. The summed E-state index contributed by atoms with van der Waals surface area (Å²) in [5.74, 6) is 0.851. The van der Waals surface area contributed by atoms with Crippen molar-refractivity contribution in [2.24, 2.45) is 5.92 Å². The molecule has 2 fully saturated rings. The van der Waals surface area contributed by atoms with E-state index in [1.165, 1.54) is 29.1 Å². The fourth-order valence-corrected chi connectivity index (χ4v) is 4.98. The Morgan fingerprint density at radius 3 is 2.33 bits per heavy atom. The van der Waals surface area contributed by atoms with E-state index in [1.807, 2.05) is 32.0 Å². The molecule has 3 atom stereocenters. The monoisotopic (exact) mass is 416 g/mol. The van der Waals surface area contributed by atoms with Crippen molar-refractivity contribution in [2.45, 2.75) is 65.5 Å². The number of amides is 2. The molecule has 1 saturated heterocycles. The third kappa shape index (κ3) is 5.82. The molecule has 1 aliphatic carbocycles. The van der Waals surface area contributed by atoms with Gasteiger partial charge in [0.15, 0.2) is 12.6 Å². The lowest BCUT2D eigenvalue weighted by atomic mass is 9.86. The Balaban J connectivity index is 1.43. The van der Waals surface area contributed by atoms with Crippen LogP contribution in [0.25, 0.3) is 0 Å². The van der Waals surface area contributed by atoms with Crippen LogP contribution in [0.1, 0.15) is 50.7 Å². The van der Waals surface area contributed by atoms with Crippen LogP contribution < -0.4 is 20.4 Å². The van der Waals surface area contributed by atoms with Crippen molar-refractivity contribution in [3.8, 4) is 0 Å². The number of para-hydroxylation sites is 1. The first-order chi connectivity index (χ1) is 14.3. The molecule has 0 bridgehead atoms. The summed E-state index contributed by atoms with van der Waals surface area (Å²) in [5.41, 5.74) is 3.13. The third-order valence-electron chi connectivity index (χ3n) is 7.20. The van der Waals surface area contributed by atoms with E-state index in [0.29, 0.717) is 18.5 Å². The molecule has 0 spiro atoms. The van der Waals surface area contributed by atoms with Crippen LogP contribution in [0.4, 0.5) is 5.69 Å². The number of carbonyl (C=O) groups is 2. The molecule has 166 valence electrons. The number of anilines is 1. The molecule has 1 saturated carbocycles. The van der Waals surface area contributed by atoms with Gasteiger partial charge in [0.2, 0.25) is 0 Å². The summed E-state index contributed by atoms with van der Waals surface area (Å²) in [7, 11) is 0. The topological polar surface area (TPSA) is 67.1 Å². The number of piperazine rings is 1. The van der Waals surface area contributed by atoms with Gasteiger partial charge in [-0.25, -0.2) is 0 Å². The van der Waals surface area contributed by atoms with E-state index < -0.39 is 0 Å². The molecule has 0 unspecified atom stereocenters. The molecule has 30 heavy (non-hydrogen) atoms. The number of hydrogen-bond acceptors (Lipinski definition) is 2. The summed E-state index contributed by atoms with van der Waals surface area (Å²) >= 11 is 0. The second-order valence-corrected chi connectivity index (χ2v) is 9.50. The minimum Gasteiger partial charge on any atom is -0.348 e. The summed E-state index contributed by atoms with van der Waals surface area (Å²) in [6.45, 7) is 12.6. The summed E-state index contributed by atoms with van der Waals surface area (Å²) < 4.78 is 0. The number of carbonyl (C=O) groups excluding carboxylic acids is 2. The first-order valence-electron chi connectivity index (χ1n) is 11.7. The van der Waals surface area contributed by atoms with Gasteiger partial charge in [0.05, 0.1) is 0 Å². The molecule has 0 radical (unpaired) electrons. The normalized spacial score (nSPS) is 27.9. The second kappa shape index (κ2) is 10.4. The van der Waals surface area contributed by atoms with Gasteiger partial charge in [-0.05, 0) is 50.7 Å². The predicted octanol–water partition coefficient (Wildman–Crippen LogP) is 0.109. The second-order valence-electron chi connectivity index (χ2n) is 9.50. The van der Waals surface area contributed by atoms with E-state index in [9.17, 15) is 9.59 Å². The Morgan fingerprint density at radius 2 is 1.70 bits per heavy atom. The molecule has 3 rings (SSSR count). The third-order valence-corrected chi connectivity index (χ3v) is 7.20. The maximum atomic E-state index is 12.8. The SMILES string of the molecule is Cc1cccc(C)c1NC(=O)C[NH+]1CC[NH+]([C@@H](C)C(=O)N[C@H]2CCCC[C@@H]2C)CC1. The van der Waals surface area contributed by atoms with Crippen molar-refractivity contribution in [1.29, 1.82) is 0 Å². The number of quaternary nitrogens is 2. The van der Waals surface area contributed by atoms with Crippen molar-refractivity contribution in [3.05, 3.63) is 29.3 Å². The lowest BCUT2D eigenvalue weighted by Crippen LogP contribution is -3.30. The average Bonchev–Trinajstić information content (AvgIpc) is 2.72. The number of nitrogens with one attached hydrogen (secondary N) is 4. The van der Waals surface area contributed by atoms with Crippen molar-refractivity contribution >= 4 is 17.5 Å². The average molecular weight is 417 g/mol. The molecular formula is C24H40N4O2+2. The van der Waals surface area contributed by atoms with Crippen LogP contribution in [0.2, 0.25) is 0 Å². The summed E-state index contributed by atoms with van der Waals surface area (Å²) in [6, 6.07) is 6.38. The minimum atomic E-state index is -0.0240. The summed E-state index contributed by atoms with van der Waals surface area (Å²) in [6.07, 6.45) is 4.85. The molecule has 1 aliphatic heterocycles. The zero-order valence-corrected chi connectivity index (χ0v) is 19.1. The molecule has 6 nitrogen and oxygen atoms in total. The van der Waals surface area contributed by atoms with E-state index in [-0.39, 0.29) is 17.9 Å². The van der Waals surface area contributed by atoms with E-state index in [1.54, 1.807) is 0 Å².